The van der Waals surface area contributed by atoms with Crippen molar-refractivity contribution < 1.29 is 19.1 Å². The lowest BCUT2D eigenvalue weighted by atomic mass is 10.2. The van der Waals surface area contributed by atoms with Crippen LogP contribution in [-0.4, -0.2) is 39.2 Å². The highest BCUT2D eigenvalue weighted by Gasteiger charge is 2.51. The molecule has 0 amide bonds. The molecule has 0 aliphatic carbocycles. The molecule has 1 N–H and O–H groups in total. The topological polar surface area (TPSA) is 55.8 Å². The van der Waals surface area contributed by atoms with E-state index in [0.29, 0.717) is 19.3 Å². The minimum atomic E-state index is -2.73. The number of carbonyl (C=O) groups is 1. The van der Waals surface area contributed by atoms with Crippen LogP contribution in [0.1, 0.15) is 46.5 Å². The maximum atomic E-state index is 11.1. The minimum absolute atomic E-state index is 0.107. The Morgan fingerprint density at radius 1 is 0.939 bits per heavy atom. The van der Waals surface area contributed by atoms with Crippen LogP contribution in [0.4, 0.5) is 0 Å². The van der Waals surface area contributed by atoms with Crippen molar-refractivity contribution in [2.45, 2.75) is 57.6 Å². The van der Waals surface area contributed by atoms with Gasteiger partial charge in [-0.15, -0.1) is 5.92 Å². The zero-order valence-corrected chi connectivity index (χ0v) is 21.1. The van der Waals surface area contributed by atoms with E-state index in [1.807, 2.05) is 36.4 Å². The van der Waals surface area contributed by atoms with Crippen molar-refractivity contribution >= 4 is 24.7 Å². The number of ether oxygens (including phenoxy) is 1. The van der Waals surface area contributed by atoms with Crippen LogP contribution >= 0.6 is 0 Å². The van der Waals surface area contributed by atoms with E-state index >= 15 is 0 Å². The third kappa shape index (κ3) is 7.34. The number of rotatable bonds is 8. The second-order valence-corrected chi connectivity index (χ2v) is 13.0. The average Bonchev–Trinajstić information content (AvgIpc) is 2.82. The van der Waals surface area contributed by atoms with E-state index in [2.05, 4.69) is 73.5 Å². The number of aliphatic hydroxyl groups excluding tert-OH is 1. The molecule has 0 saturated heterocycles. The molecular formula is C28H34O4Si. The van der Waals surface area contributed by atoms with Gasteiger partial charge in [0.2, 0.25) is 0 Å². The Kier molecular flexibility index (Phi) is 10.4. The molecule has 0 aliphatic rings. The lowest BCUT2D eigenvalue weighted by Gasteiger charge is -2.44. The zero-order valence-electron chi connectivity index (χ0n) is 20.1. The highest BCUT2D eigenvalue weighted by atomic mass is 28.4. The molecule has 0 aliphatic heterocycles. The first-order valence-electron chi connectivity index (χ1n) is 11.2. The van der Waals surface area contributed by atoms with Gasteiger partial charge in [-0.05, 0) is 15.4 Å². The van der Waals surface area contributed by atoms with Crippen LogP contribution in [0.2, 0.25) is 5.04 Å². The van der Waals surface area contributed by atoms with E-state index in [1.54, 1.807) is 0 Å². The summed E-state index contributed by atoms with van der Waals surface area (Å²) in [6.07, 6.45) is 1.18. The van der Waals surface area contributed by atoms with Crippen LogP contribution in [0.5, 0.6) is 0 Å². The van der Waals surface area contributed by atoms with Crippen molar-refractivity contribution in [1.29, 1.82) is 0 Å². The fourth-order valence-corrected chi connectivity index (χ4v) is 8.47. The van der Waals surface area contributed by atoms with Crippen LogP contribution in [0, 0.1) is 23.7 Å². The molecule has 2 aromatic carbocycles. The van der Waals surface area contributed by atoms with Crippen molar-refractivity contribution in [1.82, 2.24) is 0 Å². The van der Waals surface area contributed by atoms with Gasteiger partial charge < -0.3 is 14.3 Å². The van der Waals surface area contributed by atoms with E-state index < -0.39 is 14.4 Å². The van der Waals surface area contributed by atoms with Crippen molar-refractivity contribution in [3.05, 3.63) is 60.7 Å². The molecule has 0 aromatic heterocycles. The Bertz CT molecular complexity index is 949. The summed E-state index contributed by atoms with van der Waals surface area (Å²) >= 11 is 0. The van der Waals surface area contributed by atoms with Crippen molar-refractivity contribution in [2.24, 2.45) is 0 Å². The van der Waals surface area contributed by atoms with Crippen LogP contribution in [0.25, 0.3) is 0 Å². The van der Waals surface area contributed by atoms with E-state index in [9.17, 15) is 9.90 Å². The fourth-order valence-electron chi connectivity index (χ4n) is 3.79. The van der Waals surface area contributed by atoms with Crippen LogP contribution in [0.3, 0.4) is 0 Å². The molecule has 0 radical (unpaired) electrons. The molecule has 0 fully saturated rings. The summed E-state index contributed by atoms with van der Waals surface area (Å²) in [7, 11) is -1.36. The Morgan fingerprint density at radius 2 is 1.48 bits per heavy atom. The maximum absolute atomic E-state index is 11.1. The molecule has 5 heteroatoms. The SMILES string of the molecule is COC(=O)CCC#CCC#CC[C@H](CO)O[Si](c1ccccc1)(c1ccccc1)C(C)(C)C. The summed E-state index contributed by atoms with van der Waals surface area (Å²) in [5.74, 6) is 11.8. The average molecular weight is 463 g/mol. The number of benzene rings is 2. The van der Waals surface area contributed by atoms with E-state index in [4.69, 9.17) is 4.43 Å². The summed E-state index contributed by atoms with van der Waals surface area (Å²) in [5.41, 5.74) is 0. The van der Waals surface area contributed by atoms with Crippen molar-refractivity contribution in [3.8, 4) is 23.7 Å². The predicted molar refractivity (Wildman–Crippen MR) is 136 cm³/mol. The monoisotopic (exact) mass is 462 g/mol. The Balaban J connectivity index is 2.22. The lowest BCUT2D eigenvalue weighted by molar-refractivity contribution is -0.140. The molecule has 0 saturated carbocycles. The smallest absolute Gasteiger partial charge is 0.306 e. The molecule has 0 unspecified atom stereocenters. The first-order chi connectivity index (χ1) is 15.8. The highest BCUT2D eigenvalue weighted by Crippen LogP contribution is 2.37. The Morgan fingerprint density at radius 3 is 1.97 bits per heavy atom. The summed E-state index contributed by atoms with van der Waals surface area (Å²) in [6.45, 7) is 6.53. The quantitative estimate of drug-likeness (QED) is 0.370. The summed E-state index contributed by atoms with van der Waals surface area (Å²) < 4.78 is 11.5. The first-order valence-corrected chi connectivity index (χ1v) is 13.1. The van der Waals surface area contributed by atoms with Gasteiger partial charge in [0.15, 0.2) is 0 Å². The zero-order chi connectivity index (χ0) is 24.2. The van der Waals surface area contributed by atoms with E-state index in [0.717, 1.165) is 0 Å². The molecule has 174 valence electrons. The molecule has 0 spiro atoms. The van der Waals surface area contributed by atoms with Crippen LogP contribution < -0.4 is 10.4 Å². The summed E-state index contributed by atoms with van der Waals surface area (Å²) in [6, 6.07) is 20.7. The minimum Gasteiger partial charge on any atom is -0.469 e. The van der Waals surface area contributed by atoms with Crippen LogP contribution in [-0.2, 0) is 14.0 Å². The molecular weight excluding hydrogens is 428 g/mol. The van der Waals surface area contributed by atoms with E-state index in [-0.39, 0.29) is 24.0 Å². The van der Waals surface area contributed by atoms with Gasteiger partial charge in [0.25, 0.3) is 8.32 Å². The Labute approximate surface area is 199 Å². The molecule has 2 rings (SSSR count). The predicted octanol–water partition coefficient (Wildman–Crippen LogP) is 3.66. The molecule has 1 atom stereocenters. The normalized spacial score (nSPS) is 12.0. The van der Waals surface area contributed by atoms with E-state index in [1.165, 1.54) is 17.5 Å². The standard InChI is InChI=1S/C28H34O4Si/c1-28(2,3)33(25-18-12-9-13-19-25,26-20-14-10-15-21-26)32-24(23-29)17-11-7-5-6-8-16-22-27(30)31-4/h9-10,12-15,18-21,24,29H,5,16-17,22-23H2,1-4H3/t24-/m1/s1. The highest BCUT2D eigenvalue weighted by molar-refractivity contribution is 6.99. The van der Waals surface area contributed by atoms with Gasteiger partial charge in [-0.1, -0.05) is 99.2 Å². The first kappa shape index (κ1) is 26.4. The number of hydrogen-bond acceptors (Lipinski definition) is 4. The number of methoxy groups -OCH3 is 1. The second-order valence-electron chi connectivity index (χ2n) is 8.75. The number of esters is 1. The lowest BCUT2D eigenvalue weighted by Crippen LogP contribution is -2.68. The largest absolute Gasteiger partial charge is 0.469 e. The van der Waals surface area contributed by atoms with Crippen LogP contribution in [0.15, 0.2) is 60.7 Å². The molecule has 4 nitrogen and oxygen atoms in total. The van der Waals surface area contributed by atoms with Gasteiger partial charge >= 0.3 is 5.97 Å². The third-order valence-corrected chi connectivity index (χ3v) is 10.5. The number of aliphatic hydroxyl groups is 1. The fraction of sp³-hybridized carbons (Fsp3) is 0.393. The molecule has 0 heterocycles. The summed E-state index contributed by atoms with van der Waals surface area (Å²) in [4.78, 5) is 11.1. The number of hydrogen-bond donors (Lipinski definition) is 1. The maximum Gasteiger partial charge on any atom is 0.306 e. The van der Waals surface area contributed by atoms with Gasteiger partial charge in [-0.2, -0.15) is 0 Å². The molecule has 0 bridgehead atoms. The van der Waals surface area contributed by atoms with Gasteiger partial charge in [0, 0.05) is 12.8 Å². The summed E-state index contributed by atoms with van der Waals surface area (Å²) in [5, 5.41) is 12.3. The van der Waals surface area contributed by atoms with Gasteiger partial charge in [-0.3, -0.25) is 4.79 Å². The van der Waals surface area contributed by atoms with Crippen molar-refractivity contribution in [2.75, 3.05) is 13.7 Å². The second kappa shape index (κ2) is 13.0. The van der Waals surface area contributed by atoms with Gasteiger partial charge in [0.1, 0.15) is 0 Å². The molecule has 2 aromatic rings. The molecule has 33 heavy (non-hydrogen) atoms. The van der Waals surface area contributed by atoms with Crippen molar-refractivity contribution in [3.63, 3.8) is 0 Å². The Hall–Kier alpha value is -2.83. The number of carbonyl (C=O) groups excluding carboxylic acids is 1. The third-order valence-electron chi connectivity index (χ3n) is 5.40. The van der Waals surface area contributed by atoms with Gasteiger partial charge in [-0.25, -0.2) is 0 Å². The van der Waals surface area contributed by atoms with Gasteiger partial charge in [0.05, 0.1) is 32.7 Å².